The first-order valence-corrected chi connectivity index (χ1v) is 7.92. The van der Waals surface area contributed by atoms with Crippen LogP contribution in [0, 0.1) is 0 Å². The monoisotopic (exact) mass is 309 g/mol. The van der Waals surface area contributed by atoms with Crippen LogP contribution in [0.4, 0.5) is 0 Å². The van der Waals surface area contributed by atoms with Crippen molar-refractivity contribution in [2.24, 2.45) is 0 Å². The lowest BCUT2D eigenvalue weighted by Crippen LogP contribution is -2.39. The van der Waals surface area contributed by atoms with E-state index in [1.54, 1.807) is 12.3 Å². The molecular formula is C15H16ClNO2S. The highest BCUT2D eigenvalue weighted by atomic mass is 35.5. The fraction of sp³-hybridized carbons (Fsp3) is 0.400. The van der Waals surface area contributed by atoms with Gasteiger partial charge in [0, 0.05) is 6.04 Å². The van der Waals surface area contributed by atoms with E-state index < -0.39 is 0 Å². The Morgan fingerprint density at radius 1 is 1.50 bits per heavy atom. The summed E-state index contributed by atoms with van der Waals surface area (Å²) in [5.41, 5.74) is 0. The van der Waals surface area contributed by atoms with Gasteiger partial charge in [0.15, 0.2) is 5.78 Å². The van der Waals surface area contributed by atoms with E-state index in [-0.39, 0.29) is 11.8 Å². The zero-order valence-corrected chi connectivity index (χ0v) is 12.8. The first-order chi connectivity index (χ1) is 9.65. The number of Topliss-reactive ketones (excluding diaryl/α,β-unsaturated/α-hetero) is 1. The van der Waals surface area contributed by atoms with Crippen molar-refractivity contribution >= 4 is 28.7 Å². The first-order valence-electron chi connectivity index (χ1n) is 6.73. The van der Waals surface area contributed by atoms with Crippen molar-refractivity contribution in [2.45, 2.75) is 38.4 Å². The molecule has 1 atom stereocenters. The molecule has 20 heavy (non-hydrogen) atoms. The summed E-state index contributed by atoms with van der Waals surface area (Å²) in [6.45, 7) is 2.65. The summed E-state index contributed by atoms with van der Waals surface area (Å²) in [6.07, 6.45) is 3.99. The van der Waals surface area contributed by atoms with E-state index in [0.29, 0.717) is 16.9 Å². The van der Waals surface area contributed by atoms with E-state index in [2.05, 4.69) is 4.90 Å². The lowest BCUT2D eigenvalue weighted by molar-refractivity contribution is 0.0807. The lowest BCUT2D eigenvalue weighted by Gasteiger charge is -2.26. The Labute approximate surface area is 127 Å². The van der Waals surface area contributed by atoms with Crippen LogP contribution >= 0.6 is 22.9 Å². The molecule has 5 heteroatoms. The summed E-state index contributed by atoms with van der Waals surface area (Å²) in [6, 6.07) is 7.77. The minimum Gasteiger partial charge on any atom is -0.468 e. The third-order valence-electron chi connectivity index (χ3n) is 3.63. The van der Waals surface area contributed by atoms with Gasteiger partial charge in [-0.2, -0.15) is 0 Å². The molecule has 2 aromatic heterocycles. The molecule has 0 spiro atoms. The fourth-order valence-electron chi connectivity index (χ4n) is 2.37. The standard InChI is InChI=1S/C15H16ClNO2S/c1-10(15(18)13-6-7-14(16)20-13)17(11-4-5-11)9-12-3-2-8-19-12/h2-3,6-8,10-11H,4-5,9H2,1H3. The molecule has 0 aromatic carbocycles. The van der Waals surface area contributed by atoms with Crippen molar-refractivity contribution in [1.29, 1.82) is 0 Å². The number of carbonyl (C=O) groups is 1. The van der Waals surface area contributed by atoms with E-state index in [9.17, 15) is 4.79 Å². The van der Waals surface area contributed by atoms with Gasteiger partial charge in [-0.05, 0) is 44.0 Å². The number of furan rings is 1. The maximum absolute atomic E-state index is 12.5. The predicted molar refractivity (Wildman–Crippen MR) is 80.4 cm³/mol. The quantitative estimate of drug-likeness (QED) is 0.749. The van der Waals surface area contributed by atoms with Gasteiger partial charge in [-0.3, -0.25) is 9.69 Å². The molecular weight excluding hydrogens is 294 g/mol. The molecule has 0 amide bonds. The van der Waals surface area contributed by atoms with Gasteiger partial charge in [0.05, 0.1) is 28.1 Å². The topological polar surface area (TPSA) is 33.5 Å². The highest BCUT2D eigenvalue weighted by molar-refractivity contribution is 7.18. The first kappa shape index (κ1) is 13.9. The molecule has 1 fully saturated rings. The number of hydrogen-bond donors (Lipinski definition) is 0. The molecule has 2 heterocycles. The molecule has 3 nitrogen and oxygen atoms in total. The van der Waals surface area contributed by atoms with Crippen LogP contribution in [0.15, 0.2) is 34.9 Å². The van der Waals surface area contributed by atoms with E-state index in [1.807, 2.05) is 25.1 Å². The van der Waals surface area contributed by atoms with Gasteiger partial charge in [0.2, 0.25) is 0 Å². The van der Waals surface area contributed by atoms with Crippen LogP contribution in [0.3, 0.4) is 0 Å². The summed E-state index contributed by atoms with van der Waals surface area (Å²) in [5, 5.41) is 0. The Balaban J connectivity index is 1.75. The lowest BCUT2D eigenvalue weighted by atomic mass is 10.1. The van der Waals surface area contributed by atoms with Crippen LogP contribution in [0.2, 0.25) is 4.34 Å². The second-order valence-electron chi connectivity index (χ2n) is 5.13. The average Bonchev–Trinajstić information content (AvgIpc) is 2.97. The molecule has 106 valence electrons. The number of ketones is 1. The molecule has 1 saturated carbocycles. The van der Waals surface area contributed by atoms with Gasteiger partial charge in [-0.15, -0.1) is 11.3 Å². The zero-order valence-electron chi connectivity index (χ0n) is 11.2. The van der Waals surface area contributed by atoms with Crippen molar-refractivity contribution in [3.8, 4) is 0 Å². The van der Waals surface area contributed by atoms with Crippen LogP contribution in [0.25, 0.3) is 0 Å². The van der Waals surface area contributed by atoms with E-state index in [0.717, 1.165) is 23.5 Å². The van der Waals surface area contributed by atoms with Crippen molar-refractivity contribution in [3.63, 3.8) is 0 Å². The zero-order chi connectivity index (χ0) is 14.1. The highest BCUT2D eigenvalue weighted by Crippen LogP contribution is 2.32. The minimum atomic E-state index is -0.151. The van der Waals surface area contributed by atoms with Crippen molar-refractivity contribution < 1.29 is 9.21 Å². The highest BCUT2D eigenvalue weighted by Gasteiger charge is 2.36. The summed E-state index contributed by atoms with van der Waals surface area (Å²) >= 11 is 7.26. The van der Waals surface area contributed by atoms with Crippen LogP contribution in [-0.2, 0) is 6.54 Å². The third-order valence-corrected chi connectivity index (χ3v) is 4.87. The molecule has 3 rings (SSSR count). The fourth-order valence-corrected chi connectivity index (χ4v) is 3.44. The second-order valence-corrected chi connectivity index (χ2v) is 6.84. The van der Waals surface area contributed by atoms with Gasteiger partial charge in [0.1, 0.15) is 5.76 Å². The molecule has 1 aliphatic rings. The summed E-state index contributed by atoms with van der Waals surface area (Å²) in [7, 11) is 0. The predicted octanol–water partition coefficient (Wildman–Crippen LogP) is 4.23. The van der Waals surface area contributed by atoms with Gasteiger partial charge in [-0.25, -0.2) is 0 Å². The maximum atomic E-state index is 12.5. The van der Waals surface area contributed by atoms with Crippen molar-refractivity contribution in [3.05, 3.63) is 45.5 Å². The third kappa shape index (κ3) is 2.97. The molecule has 0 saturated heterocycles. The molecule has 0 N–H and O–H groups in total. The Morgan fingerprint density at radius 3 is 2.85 bits per heavy atom. The number of nitrogens with zero attached hydrogens (tertiary/aromatic N) is 1. The number of halogens is 1. The molecule has 2 aromatic rings. The Bertz CT molecular complexity index is 589. The van der Waals surface area contributed by atoms with Crippen molar-refractivity contribution in [1.82, 2.24) is 4.90 Å². The number of carbonyl (C=O) groups excluding carboxylic acids is 1. The van der Waals surface area contributed by atoms with Gasteiger partial charge < -0.3 is 4.42 Å². The van der Waals surface area contributed by atoms with Crippen LogP contribution < -0.4 is 0 Å². The second kappa shape index (κ2) is 5.72. The van der Waals surface area contributed by atoms with Crippen LogP contribution in [0.1, 0.15) is 35.2 Å². The normalized spacial score (nSPS) is 16.6. The molecule has 0 bridgehead atoms. The Kier molecular flexibility index (Phi) is 3.96. The van der Waals surface area contributed by atoms with Gasteiger partial charge >= 0.3 is 0 Å². The van der Waals surface area contributed by atoms with Crippen LogP contribution in [0.5, 0.6) is 0 Å². The van der Waals surface area contributed by atoms with Crippen molar-refractivity contribution in [2.75, 3.05) is 0 Å². The Morgan fingerprint density at radius 2 is 2.30 bits per heavy atom. The number of rotatable bonds is 6. The molecule has 0 aliphatic heterocycles. The molecule has 1 aliphatic carbocycles. The molecule has 1 unspecified atom stereocenters. The largest absolute Gasteiger partial charge is 0.468 e. The minimum absolute atomic E-state index is 0.139. The van der Waals surface area contributed by atoms with E-state index >= 15 is 0 Å². The summed E-state index contributed by atoms with van der Waals surface area (Å²) in [5.74, 6) is 1.04. The van der Waals surface area contributed by atoms with Gasteiger partial charge in [0.25, 0.3) is 0 Å². The SMILES string of the molecule is CC(C(=O)c1ccc(Cl)s1)N(Cc1ccco1)C1CC1. The van der Waals surface area contributed by atoms with Gasteiger partial charge in [-0.1, -0.05) is 11.6 Å². The Hall–Kier alpha value is -1.10. The number of thiophene rings is 1. The smallest absolute Gasteiger partial charge is 0.189 e. The number of hydrogen-bond acceptors (Lipinski definition) is 4. The van der Waals surface area contributed by atoms with E-state index in [4.69, 9.17) is 16.0 Å². The summed E-state index contributed by atoms with van der Waals surface area (Å²) < 4.78 is 6.07. The molecule has 0 radical (unpaired) electrons. The maximum Gasteiger partial charge on any atom is 0.189 e. The van der Waals surface area contributed by atoms with E-state index in [1.165, 1.54) is 11.3 Å². The average molecular weight is 310 g/mol. The summed E-state index contributed by atoms with van der Waals surface area (Å²) in [4.78, 5) is 15.5. The van der Waals surface area contributed by atoms with Crippen LogP contribution in [-0.4, -0.2) is 22.8 Å².